The summed E-state index contributed by atoms with van der Waals surface area (Å²) in [5.41, 5.74) is 1.96. The molecule has 6 nitrogen and oxygen atoms in total. The van der Waals surface area contributed by atoms with Gasteiger partial charge in [-0.15, -0.1) is 0 Å². The predicted octanol–water partition coefficient (Wildman–Crippen LogP) is 2.52. The quantitative estimate of drug-likeness (QED) is 0.730. The molecule has 0 bridgehead atoms. The van der Waals surface area contributed by atoms with Crippen molar-refractivity contribution in [1.82, 2.24) is 14.3 Å². The second-order valence-electron chi connectivity index (χ2n) is 8.72. The van der Waals surface area contributed by atoms with Gasteiger partial charge in [0.1, 0.15) is 6.17 Å². The van der Waals surface area contributed by atoms with Gasteiger partial charge in [0.2, 0.25) is 15.9 Å². The molecule has 4 rings (SSSR count). The van der Waals surface area contributed by atoms with E-state index in [0.29, 0.717) is 25.9 Å². The number of carbonyl (C=O) groups is 1. The molecule has 27 heavy (non-hydrogen) atoms. The van der Waals surface area contributed by atoms with E-state index in [0.717, 1.165) is 11.1 Å². The van der Waals surface area contributed by atoms with E-state index in [-0.39, 0.29) is 22.3 Å². The second-order valence-corrected chi connectivity index (χ2v) is 10.6. The zero-order valence-corrected chi connectivity index (χ0v) is 17.2. The first-order chi connectivity index (χ1) is 12.6. The summed E-state index contributed by atoms with van der Waals surface area (Å²) >= 11 is 0. The monoisotopic (exact) mass is 389 g/mol. The van der Waals surface area contributed by atoms with Crippen LogP contribution in [0.15, 0.2) is 40.8 Å². The van der Waals surface area contributed by atoms with Gasteiger partial charge in [0.05, 0.1) is 10.9 Å². The molecular formula is C20H27N3O3S. The Bertz CT molecular complexity index is 899. The Hall–Kier alpha value is -1.70. The summed E-state index contributed by atoms with van der Waals surface area (Å²) in [6.07, 6.45) is 2.71. The van der Waals surface area contributed by atoms with Crippen LogP contribution < -0.4 is 0 Å². The van der Waals surface area contributed by atoms with Crippen molar-refractivity contribution < 1.29 is 13.2 Å². The first-order valence-electron chi connectivity index (χ1n) is 9.49. The van der Waals surface area contributed by atoms with Crippen LogP contribution in [0.5, 0.6) is 0 Å². The number of hydrogen-bond acceptors (Lipinski definition) is 4. The Labute approximate surface area is 161 Å². The van der Waals surface area contributed by atoms with E-state index >= 15 is 0 Å². The number of rotatable bonds is 2. The number of carbonyl (C=O) groups excluding carboxylic acids is 1. The first-order valence-corrected chi connectivity index (χ1v) is 10.9. The lowest BCUT2D eigenvalue weighted by atomic mass is 9.80. The molecule has 146 valence electrons. The summed E-state index contributed by atoms with van der Waals surface area (Å²) in [5, 5.41) is 3.79. The van der Waals surface area contributed by atoms with Crippen molar-refractivity contribution in [2.24, 2.45) is 5.41 Å². The topological polar surface area (TPSA) is 60.9 Å². The molecule has 0 aliphatic carbocycles. The van der Waals surface area contributed by atoms with Gasteiger partial charge in [0.25, 0.3) is 0 Å². The lowest BCUT2D eigenvalue weighted by molar-refractivity contribution is -0.142. The Morgan fingerprint density at radius 2 is 1.74 bits per heavy atom. The van der Waals surface area contributed by atoms with Gasteiger partial charge in [0.15, 0.2) is 0 Å². The molecule has 3 aliphatic rings. The number of nitrogens with zero attached hydrogens (tertiary/aromatic N) is 3. The standard InChI is InChI=1S/C20H27N3O3S/c1-14-7-9-15(10-8-14)27(25,26)22-12-5-6-16-18(20(2,3)4)21-13-11-17(24)23(21)19(16)22/h6-10,18-19H,5,11-13H2,1-4H3/t18-,19-/m0/s1. The minimum Gasteiger partial charge on any atom is -0.273 e. The van der Waals surface area contributed by atoms with E-state index in [9.17, 15) is 13.2 Å². The van der Waals surface area contributed by atoms with Gasteiger partial charge in [-0.25, -0.2) is 13.4 Å². The largest absolute Gasteiger partial charge is 0.273 e. The fraction of sp³-hybridized carbons (Fsp3) is 0.550. The van der Waals surface area contributed by atoms with Gasteiger partial charge >= 0.3 is 0 Å². The molecule has 7 heteroatoms. The Kier molecular flexibility index (Phi) is 4.25. The van der Waals surface area contributed by atoms with Crippen LogP contribution in [0.4, 0.5) is 0 Å². The number of fused-ring (bicyclic) bond motifs is 3. The predicted molar refractivity (Wildman–Crippen MR) is 103 cm³/mol. The summed E-state index contributed by atoms with van der Waals surface area (Å²) in [6, 6.07) is 6.97. The van der Waals surface area contributed by atoms with Crippen LogP contribution >= 0.6 is 0 Å². The smallest absolute Gasteiger partial charge is 0.245 e. The van der Waals surface area contributed by atoms with Gasteiger partial charge in [0, 0.05) is 19.5 Å². The Balaban J connectivity index is 1.80. The summed E-state index contributed by atoms with van der Waals surface area (Å²) in [6.45, 7) is 9.41. The molecule has 0 spiro atoms. The Morgan fingerprint density at radius 1 is 1.07 bits per heavy atom. The van der Waals surface area contributed by atoms with E-state index in [1.54, 1.807) is 17.1 Å². The average Bonchev–Trinajstić information content (AvgIpc) is 3.12. The van der Waals surface area contributed by atoms with Gasteiger partial charge in [-0.05, 0) is 36.5 Å². The maximum atomic E-state index is 13.4. The zero-order valence-electron chi connectivity index (χ0n) is 16.3. The van der Waals surface area contributed by atoms with Gasteiger partial charge in [-0.3, -0.25) is 9.80 Å². The van der Waals surface area contributed by atoms with Crippen molar-refractivity contribution in [1.29, 1.82) is 0 Å². The zero-order chi connectivity index (χ0) is 19.6. The summed E-state index contributed by atoms with van der Waals surface area (Å²) < 4.78 is 28.4. The van der Waals surface area contributed by atoms with E-state index in [1.807, 2.05) is 19.1 Å². The molecular weight excluding hydrogens is 362 g/mol. The molecule has 1 aromatic carbocycles. The fourth-order valence-electron chi connectivity index (χ4n) is 4.59. The lowest BCUT2D eigenvalue weighted by Gasteiger charge is -2.36. The molecule has 2 saturated heterocycles. The Morgan fingerprint density at radius 3 is 2.37 bits per heavy atom. The van der Waals surface area contributed by atoms with Crippen molar-refractivity contribution in [3.8, 4) is 0 Å². The highest BCUT2D eigenvalue weighted by atomic mass is 32.2. The van der Waals surface area contributed by atoms with Crippen molar-refractivity contribution in [2.45, 2.75) is 57.6 Å². The van der Waals surface area contributed by atoms with Crippen LogP contribution in [-0.4, -0.2) is 53.9 Å². The summed E-state index contributed by atoms with van der Waals surface area (Å²) in [7, 11) is -3.69. The van der Waals surface area contributed by atoms with Crippen LogP contribution in [0.3, 0.4) is 0 Å². The number of aryl methyl sites for hydroxylation is 1. The lowest BCUT2D eigenvalue weighted by Crippen LogP contribution is -2.52. The minimum absolute atomic E-state index is 0.00339. The molecule has 0 unspecified atom stereocenters. The van der Waals surface area contributed by atoms with Gasteiger partial charge in [-0.1, -0.05) is 44.5 Å². The van der Waals surface area contributed by atoms with Crippen LogP contribution in [0.1, 0.15) is 39.2 Å². The third kappa shape index (κ3) is 2.83. The molecule has 2 fully saturated rings. The van der Waals surface area contributed by atoms with Crippen LogP contribution in [0, 0.1) is 12.3 Å². The highest BCUT2D eigenvalue weighted by Crippen LogP contribution is 2.46. The third-order valence-corrected chi connectivity index (χ3v) is 7.55. The summed E-state index contributed by atoms with van der Waals surface area (Å²) in [5.74, 6) is 0.00339. The molecule has 0 saturated carbocycles. The molecule has 1 aromatic rings. The molecule has 2 atom stereocenters. The number of benzene rings is 1. The highest BCUT2D eigenvalue weighted by molar-refractivity contribution is 7.89. The average molecular weight is 390 g/mol. The van der Waals surface area contributed by atoms with Crippen LogP contribution in [0.25, 0.3) is 0 Å². The molecule has 0 N–H and O–H groups in total. The van der Waals surface area contributed by atoms with Gasteiger partial charge in [-0.2, -0.15) is 4.31 Å². The van der Waals surface area contributed by atoms with Crippen molar-refractivity contribution in [3.63, 3.8) is 0 Å². The molecule has 3 heterocycles. The molecule has 3 aliphatic heterocycles. The number of hydrogen-bond donors (Lipinski definition) is 0. The maximum Gasteiger partial charge on any atom is 0.245 e. The number of amides is 1. The van der Waals surface area contributed by atoms with E-state index in [2.05, 4.69) is 31.9 Å². The third-order valence-electron chi connectivity index (χ3n) is 5.68. The second kappa shape index (κ2) is 6.15. The summed E-state index contributed by atoms with van der Waals surface area (Å²) in [4.78, 5) is 13.0. The molecule has 1 amide bonds. The van der Waals surface area contributed by atoms with Crippen molar-refractivity contribution in [3.05, 3.63) is 41.5 Å². The number of hydrazine groups is 1. The van der Waals surface area contributed by atoms with Gasteiger partial charge < -0.3 is 0 Å². The highest BCUT2D eigenvalue weighted by Gasteiger charge is 2.57. The maximum absolute atomic E-state index is 13.4. The van der Waals surface area contributed by atoms with E-state index < -0.39 is 16.2 Å². The molecule has 0 radical (unpaired) electrons. The fourth-order valence-corrected chi connectivity index (χ4v) is 6.16. The van der Waals surface area contributed by atoms with Crippen LogP contribution in [0.2, 0.25) is 0 Å². The number of sulfonamides is 1. The first kappa shape index (κ1) is 18.7. The molecule has 0 aromatic heterocycles. The minimum atomic E-state index is -3.69. The van der Waals surface area contributed by atoms with E-state index in [4.69, 9.17) is 0 Å². The van der Waals surface area contributed by atoms with Crippen LogP contribution in [-0.2, 0) is 14.8 Å². The SMILES string of the molecule is Cc1ccc(S(=O)(=O)N2CCC=C3[C@@H]2N2C(=O)CCN2[C@@H]3C(C)(C)C)cc1. The normalized spacial score (nSPS) is 26.9. The van der Waals surface area contributed by atoms with E-state index in [1.165, 1.54) is 4.31 Å². The van der Waals surface area contributed by atoms with Crippen molar-refractivity contribution >= 4 is 15.9 Å². The van der Waals surface area contributed by atoms with Crippen molar-refractivity contribution in [2.75, 3.05) is 13.1 Å².